The van der Waals surface area contributed by atoms with Gasteiger partial charge in [0, 0.05) is 13.1 Å². The highest BCUT2D eigenvalue weighted by molar-refractivity contribution is 5.82. The monoisotopic (exact) mass is 155 g/mol. The standard InChI is InChI=1S/C8H13NO2/c1-2-7-3-4-9(5-6-10)8(7)11/h2,7,10H,1,3-6H2. The molecule has 1 fully saturated rings. The van der Waals surface area contributed by atoms with E-state index in [1.54, 1.807) is 11.0 Å². The third-order valence-electron chi connectivity index (χ3n) is 1.99. The fraction of sp³-hybridized carbons (Fsp3) is 0.625. The van der Waals surface area contributed by atoms with Crippen LogP contribution in [0.1, 0.15) is 6.42 Å². The van der Waals surface area contributed by atoms with Crippen LogP contribution in [0, 0.1) is 5.92 Å². The van der Waals surface area contributed by atoms with Gasteiger partial charge in [0.05, 0.1) is 12.5 Å². The van der Waals surface area contributed by atoms with Crippen LogP contribution in [0.4, 0.5) is 0 Å². The van der Waals surface area contributed by atoms with Crippen molar-refractivity contribution in [3.05, 3.63) is 12.7 Å². The predicted octanol–water partition coefficient (Wildman–Crippen LogP) is 0.0132. The number of amides is 1. The van der Waals surface area contributed by atoms with Gasteiger partial charge in [0.15, 0.2) is 0 Å². The van der Waals surface area contributed by atoms with Crippen LogP contribution in [0.25, 0.3) is 0 Å². The van der Waals surface area contributed by atoms with E-state index in [-0.39, 0.29) is 18.4 Å². The van der Waals surface area contributed by atoms with Crippen LogP contribution in [-0.2, 0) is 4.79 Å². The molecule has 1 saturated heterocycles. The molecule has 0 aromatic rings. The number of rotatable bonds is 3. The number of aliphatic hydroxyl groups is 1. The highest BCUT2D eigenvalue weighted by Crippen LogP contribution is 2.17. The molecule has 1 aliphatic rings. The highest BCUT2D eigenvalue weighted by Gasteiger charge is 2.28. The number of nitrogens with zero attached hydrogens (tertiary/aromatic N) is 1. The molecule has 1 N–H and O–H groups in total. The molecule has 1 aliphatic heterocycles. The minimum atomic E-state index is -0.0125. The van der Waals surface area contributed by atoms with E-state index in [4.69, 9.17) is 5.11 Å². The molecule has 1 atom stereocenters. The van der Waals surface area contributed by atoms with Gasteiger partial charge >= 0.3 is 0 Å². The second kappa shape index (κ2) is 3.53. The molecule has 0 saturated carbocycles. The molecule has 1 rings (SSSR count). The first-order valence-corrected chi connectivity index (χ1v) is 3.81. The summed E-state index contributed by atoms with van der Waals surface area (Å²) < 4.78 is 0. The summed E-state index contributed by atoms with van der Waals surface area (Å²) in [7, 11) is 0. The minimum Gasteiger partial charge on any atom is -0.395 e. The summed E-state index contributed by atoms with van der Waals surface area (Å²) in [5.74, 6) is 0.0931. The molecule has 11 heavy (non-hydrogen) atoms. The molecule has 0 radical (unpaired) electrons. The van der Waals surface area contributed by atoms with E-state index in [0.717, 1.165) is 13.0 Å². The lowest BCUT2D eigenvalue weighted by Gasteiger charge is -2.13. The third kappa shape index (κ3) is 1.60. The highest BCUT2D eigenvalue weighted by atomic mass is 16.3. The molecule has 0 aromatic heterocycles. The van der Waals surface area contributed by atoms with Crippen LogP contribution >= 0.6 is 0 Å². The number of β-amino-alcohol motifs (C(OH)–C–C–N with tert-alkyl or cyclic N) is 1. The van der Waals surface area contributed by atoms with Gasteiger partial charge in [0.1, 0.15) is 0 Å². The van der Waals surface area contributed by atoms with Crippen LogP contribution in [0.15, 0.2) is 12.7 Å². The molecule has 3 nitrogen and oxygen atoms in total. The summed E-state index contributed by atoms with van der Waals surface area (Å²) in [4.78, 5) is 12.9. The number of hydrogen-bond donors (Lipinski definition) is 1. The van der Waals surface area contributed by atoms with Crippen molar-refractivity contribution in [3.8, 4) is 0 Å². The first kappa shape index (κ1) is 8.27. The molecule has 0 aromatic carbocycles. The summed E-state index contributed by atoms with van der Waals surface area (Å²) in [6.07, 6.45) is 2.53. The van der Waals surface area contributed by atoms with E-state index < -0.39 is 0 Å². The van der Waals surface area contributed by atoms with Gasteiger partial charge in [-0.15, -0.1) is 6.58 Å². The Kier molecular flexibility index (Phi) is 2.65. The number of carbonyl (C=O) groups is 1. The van der Waals surface area contributed by atoms with Crippen LogP contribution in [0.5, 0.6) is 0 Å². The molecule has 1 unspecified atom stereocenters. The van der Waals surface area contributed by atoms with Crippen molar-refractivity contribution in [2.45, 2.75) is 6.42 Å². The van der Waals surface area contributed by atoms with Crippen molar-refractivity contribution in [3.63, 3.8) is 0 Å². The molecule has 0 spiro atoms. The van der Waals surface area contributed by atoms with Crippen molar-refractivity contribution < 1.29 is 9.90 Å². The topological polar surface area (TPSA) is 40.5 Å². The van der Waals surface area contributed by atoms with E-state index in [0.29, 0.717) is 6.54 Å². The number of carbonyl (C=O) groups excluding carboxylic acids is 1. The van der Waals surface area contributed by atoms with Gasteiger partial charge < -0.3 is 10.0 Å². The average Bonchev–Trinajstić information content (AvgIpc) is 2.34. The molecule has 1 amide bonds. The fourth-order valence-electron chi connectivity index (χ4n) is 1.32. The van der Waals surface area contributed by atoms with Gasteiger partial charge in [-0.2, -0.15) is 0 Å². The predicted molar refractivity (Wildman–Crippen MR) is 42.0 cm³/mol. The lowest BCUT2D eigenvalue weighted by Crippen LogP contribution is -2.29. The zero-order valence-corrected chi connectivity index (χ0v) is 6.49. The molecule has 62 valence electrons. The summed E-state index contributed by atoms with van der Waals surface area (Å²) >= 11 is 0. The Balaban J connectivity index is 2.48. The number of hydrogen-bond acceptors (Lipinski definition) is 2. The maximum absolute atomic E-state index is 11.3. The summed E-state index contributed by atoms with van der Waals surface area (Å²) in [6.45, 7) is 4.85. The van der Waals surface area contributed by atoms with Crippen LogP contribution in [0.3, 0.4) is 0 Å². The maximum atomic E-state index is 11.3. The average molecular weight is 155 g/mol. The second-order valence-corrected chi connectivity index (χ2v) is 2.68. The van der Waals surface area contributed by atoms with Crippen molar-refractivity contribution in [2.24, 2.45) is 5.92 Å². The van der Waals surface area contributed by atoms with E-state index in [1.807, 2.05) is 0 Å². The molecule has 0 aliphatic carbocycles. The number of aliphatic hydroxyl groups excluding tert-OH is 1. The molecule has 0 bridgehead atoms. The minimum absolute atomic E-state index is 0.0125. The van der Waals surface area contributed by atoms with Crippen LogP contribution in [-0.4, -0.2) is 35.6 Å². The van der Waals surface area contributed by atoms with Crippen LogP contribution < -0.4 is 0 Å². The van der Waals surface area contributed by atoms with Crippen molar-refractivity contribution >= 4 is 5.91 Å². The second-order valence-electron chi connectivity index (χ2n) is 2.68. The van der Waals surface area contributed by atoms with Crippen LogP contribution in [0.2, 0.25) is 0 Å². The van der Waals surface area contributed by atoms with Crippen molar-refractivity contribution in [2.75, 3.05) is 19.7 Å². The smallest absolute Gasteiger partial charge is 0.229 e. The van der Waals surface area contributed by atoms with E-state index >= 15 is 0 Å². The lowest BCUT2D eigenvalue weighted by molar-refractivity contribution is -0.130. The third-order valence-corrected chi connectivity index (χ3v) is 1.99. The molecular formula is C8H13NO2. The zero-order valence-electron chi connectivity index (χ0n) is 6.49. The molecule has 3 heteroatoms. The van der Waals surface area contributed by atoms with Gasteiger partial charge in [-0.25, -0.2) is 0 Å². The lowest BCUT2D eigenvalue weighted by atomic mass is 10.1. The van der Waals surface area contributed by atoms with Gasteiger partial charge in [-0.1, -0.05) is 6.08 Å². The summed E-state index contributed by atoms with van der Waals surface area (Å²) in [5.41, 5.74) is 0. The summed E-state index contributed by atoms with van der Waals surface area (Å²) in [5, 5.41) is 8.58. The van der Waals surface area contributed by atoms with Gasteiger partial charge in [-0.3, -0.25) is 4.79 Å². The number of likely N-dealkylation sites (tertiary alicyclic amines) is 1. The first-order chi connectivity index (χ1) is 5.29. The Labute approximate surface area is 66.3 Å². The summed E-state index contributed by atoms with van der Waals surface area (Å²) in [6, 6.07) is 0. The normalized spacial score (nSPS) is 24.3. The van der Waals surface area contributed by atoms with Gasteiger partial charge in [-0.05, 0) is 6.42 Å². The van der Waals surface area contributed by atoms with Gasteiger partial charge in [0.25, 0.3) is 0 Å². The molecule has 1 heterocycles. The zero-order chi connectivity index (χ0) is 8.27. The van der Waals surface area contributed by atoms with Crippen molar-refractivity contribution in [1.29, 1.82) is 0 Å². The van der Waals surface area contributed by atoms with Gasteiger partial charge in [0.2, 0.25) is 5.91 Å². The quantitative estimate of drug-likeness (QED) is 0.583. The fourth-order valence-corrected chi connectivity index (χ4v) is 1.32. The maximum Gasteiger partial charge on any atom is 0.229 e. The van der Waals surface area contributed by atoms with E-state index in [1.165, 1.54) is 0 Å². The Morgan fingerprint density at radius 3 is 3.00 bits per heavy atom. The Hall–Kier alpha value is -0.830. The largest absolute Gasteiger partial charge is 0.395 e. The first-order valence-electron chi connectivity index (χ1n) is 3.81. The Morgan fingerprint density at radius 2 is 2.55 bits per heavy atom. The van der Waals surface area contributed by atoms with E-state index in [2.05, 4.69) is 6.58 Å². The SMILES string of the molecule is C=CC1CCN(CCO)C1=O. The Bertz CT molecular complexity index is 167. The Morgan fingerprint density at radius 1 is 1.82 bits per heavy atom. The molecular weight excluding hydrogens is 142 g/mol. The van der Waals surface area contributed by atoms with E-state index in [9.17, 15) is 4.79 Å². The van der Waals surface area contributed by atoms with Crippen molar-refractivity contribution in [1.82, 2.24) is 4.90 Å².